The van der Waals surface area contributed by atoms with E-state index in [2.05, 4.69) is 12.6 Å². The zero-order chi connectivity index (χ0) is 9.78. The van der Waals surface area contributed by atoms with Gasteiger partial charge < -0.3 is 14.2 Å². The first-order valence-electron chi connectivity index (χ1n) is 4.32. The average molecular weight is 206 g/mol. The van der Waals surface area contributed by atoms with Crippen LogP contribution in [-0.4, -0.2) is 45.9 Å². The van der Waals surface area contributed by atoms with Crippen LogP contribution in [0.3, 0.4) is 0 Å². The summed E-state index contributed by atoms with van der Waals surface area (Å²) < 4.78 is 15.2. The third-order valence-electron chi connectivity index (χ3n) is 1.29. The van der Waals surface area contributed by atoms with Crippen LogP contribution in [0.15, 0.2) is 12.2 Å². The third kappa shape index (κ3) is 12.0. The van der Waals surface area contributed by atoms with E-state index in [1.807, 2.05) is 12.2 Å². The first-order valence-corrected chi connectivity index (χ1v) is 4.95. The molecule has 0 spiro atoms. The SMILES string of the molecule is COCCOCCOC/C=C/CS. The lowest BCUT2D eigenvalue weighted by Crippen LogP contribution is -2.08. The van der Waals surface area contributed by atoms with Gasteiger partial charge in [0.15, 0.2) is 0 Å². The van der Waals surface area contributed by atoms with Crippen molar-refractivity contribution < 1.29 is 14.2 Å². The molecule has 0 aromatic carbocycles. The molecule has 0 aliphatic heterocycles. The number of methoxy groups -OCH3 is 1. The maximum Gasteiger partial charge on any atom is 0.0704 e. The Morgan fingerprint density at radius 1 is 1.00 bits per heavy atom. The van der Waals surface area contributed by atoms with Crippen molar-refractivity contribution in [2.24, 2.45) is 0 Å². The summed E-state index contributed by atoms with van der Waals surface area (Å²) in [6, 6.07) is 0. The van der Waals surface area contributed by atoms with Gasteiger partial charge in [-0.1, -0.05) is 12.2 Å². The van der Waals surface area contributed by atoms with E-state index in [9.17, 15) is 0 Å². The van der Waals surface area contributed by atoms with Crippen molar-refractivity contribution >= 4 is 12.6 Å². The Kier molecular flexibility index (Phi) is 11.9. The molecule has 0 saturated heterocycles. The van der Waals surface area contributed by atoms with Gasteiger partial charge in [0, 0.05) is 12.9 Å². The molecule has 0 amide bonds. The van der Waals surface area contributed by atoms with Gasteiger partial charge in [0.2, 0.25) is 0 Å². The summed E-state index contributed by atoms with van der Waals surface area (Å²) in [6.07, 6.45) is 3.90. The van der Waals surface area contributed by atoms with Crippen molar-refractivity contribution in [3.8, 4) is 0 Å². The van der Waals surface area contributed by atoms with Crippen LogP contribution in [0.2, 0.25) is 0 Å². The van der Waals surface area contributed by atoms with Gasteiger partial charge in [-0.15, -0.1) is 0 Å². The standard InChI is InChI=1S/C9H18O3S/c1-10-5-6-12-8-7-11-4-2-3-9-13/h2-3,13H,4-9H2,1H3/b3-2+. The number of hydrogen-bond acceptors (Lipinski definition) is 4. The summed E-state index contributed by atoms with van der Waals surface area (Å²) in [6.45, 7) is 3.15. The van der Waals surface area contributed by atoms with E-state index in [-0.39, 0.29) is 0 Å². The minimum absolute atomic E-state index is 0.623. The van der Waals surface area contributed by atoms with Gasteiger partial charge in [0.25, 0.3) is 0 Å². The van der Waals surface area contributed by atoms with Crippen molar-refractivity contribution in [3.63, 3.8) is 0 Å². The highest BCUT2D eigenvalue weighted by Crippen LogP contribution is 1.82. The van der Waals surface area contributed by atoms with Gasteiger partial charge in [-0.2, -0.15) is 12.6 Å². The molecule has 3 nitrogen and oxygen atoms in total. The second-order valence-corrected chi connectivity index (χ2v) is 2.70. The Morgan fingerprint density at radius 2 is 1.69 bits per heavy atom. The van der Waals surface area contributed by atoms with Gasteiger partial charge in [-0.25, -0.2) is 0 Å². The van der Waals surface area contributed by atoms with Crippen molar-refractivity contribution in [2.45, 2.75) is 0 Å². The zero-order valence-electron chi connectivity index (χ0n) is 8.07. The molecule has 0 aliphatic rings. The lowest BCUT2D eigenvalue weighted by molar-refractivity contribution is 0.0314. The van der Waals surface area contributed by atoms with E-state index in [1.54, 1.807) is 7.11 Å². The van der Waals surface area contributed by atoms with Gasteiger partial charge in [-0.05, 0) is 0 Å². The van der Waals surface area contributed by atoms with Crippen molar-refractivity contribution in [1.82, 2.24) is 0 Å². The van der Waals surface area contributed by atoms with E-state index >= 15 is 0 Å². The smallest absolute Gasteiger partial charge is 0.0704 e. The molecular formula is C9H18O3S. The molecule has 0 aromatic heterocycles. The summed E-state index contributed by atoms with van der Waals surface area (Å²) in [4.78, 5) is 0. The maximum atomic E-state index is 5.23. The Hall–Kier alpha value is -0.0300. The van der Waals surface area contributed by atoms with Gasteiger partial charge in [0.1, 0.15) is 0 Å². The topological polar surface area (TPSA) is 27.7 Å². The quantitative estimate of drug-likeness (QED) is 0.348. The number of rotatable bonds is 9. The van der Waals surface area contributed by atoms with Crippen LogP contribution in [0.1, 0.15) is 0 Å². The maximum absolute atomic E-state index is 5.23. The predicted octanol–water partition coefficient (Wildman–Crippen LogP) is 1.15. The molecule has 78 valence electrons. The monoisotopic (exact) mass is 206 g/mol. The highest BCUT2D eigenvalue weighted by Gasteiger charge is 1.87. The number of thiol groups is 1. The molecule has 0 aliphatic carbocycles. The highest BCUT2D eigenvalue weighted by atomic mass is 32.1. The first-order chi connectivity index (χ1) is 6.41. The number of hydrogen-bond donors (Lipinski definition) is 1. The normalized spacial score (nSPS) is 11.2. The second-order valence-electron chi connectivity index (χ2n) is 2.33. The fourth-order valence-corrected chi connectivity index (χ4v) is 0.805. The van der Waals surface area contributed by atoms with E-state index in [4.69, 9.17) is 14.2 Å². The molecule has 0 aromatic rings. The van der Waals surface area contributed by atoms with Crippen LogP contribution in [0.25, 0.3) is 0 Å². The summed E-state index contributed by atoms with van der Waals surface area (Å²) in [7, 11) is 1.65. The summed E-state index contributed by atoms with van der Waals surface area (Å²) >= 11 is 4.02. The summed E-state index contributed by atoms with van der Waals surface area (Å²) in [5, 5.41) is 0. The Labute approximate surface area is 85.5 Å². The molecule has 0 radical (unpaired) electrons. The molecular weight excluding hydrogens is 188 g/mol. The van der Waals surface area contributed by atoms with Crippen LogP contribution in [0.4, 0.5) is 0 Å². The molecule has 13 heavy (non-hydrogen) atoms. The second kappa shape index (κ2) is 12.0. The minimum Gasteiger partial charge on any atom is -0.382 e. The van der Waals surface area contributed by atoms with Crippen LogP contribution >= 0.6 is 12.6 Å². The molecule has 0 atom stereocenters. The van der Waals surface area contributed by atoms with Gasteiger partial charge >= 0.3 is 0 Å². The largest absolute Gasteiger partial charge is 0.382 e. The molecule has 0 heterocycles. The van der Waals surface area contributed by atoms with E-state index in [1.165, 1.54) is 0 Å². The molecule has 4 heteroatoms. The molecule has 0 N–H and O–H groups in total. The van der Waals surface area contributed by atoms with E-state index < -0.39 is 0 Å². The molecule has 0 rings (SSSR count). The first kappa shape index (κ1) is 13.0. The Balaban J connectivity index is 2.87. The molecule has 0 fully saturated rings. The molecule has 0 unspecified atom stereocenters. The van der Waals surface area contributed by atoms with Crippen LogP contribution < -0.4 is 0 Å². The molecule has 0 bridgehead atoms. The summed E-state index contributed by atoms with van der Waals surface area (Å²) in [5.41, 5.74) is 0. The fourth-order valence-electron chi connectivity index (χ4n) is 0.656. The van der Waals surface area contributed by atoms with E-state index in [0.717, 1.165) is 5.75 Å². The average Bonchev–Trinajstić information content (AvgIpc) is 2.16. The van der Waals surface area contributed by atoms with Crippen LogP contribution in [-0.2, 0) is 14.2 Å². The lowest BCUT2D eigenvalue weighted by atomic mass is 10.5. The van der Waals surface area contributed by atoms with Crippen molar-refractivity contribution in [2.75, 3.05) is 45.9 Å². The van der Waals surface area contributed by atoms with Crippen LogP contribution in [0, 0.1) is 0 Å². The van der Waals surface area contributed by atoms with Crippen LogP contribution in [0.5, 0.6) is 0 Å². The fraction of sp³-hybridized carbons (Fsp3) is 0.778. The molecule has 0 saturated carbocycles. The zero-order valence-corrected chi connectivity index (χ0v) is 8.96. The van der Waals surface area contributed by atoms with Gasteiger partial charge in [-0.3, -0.25) is 0 Å². The lowest BCUT2D eigenvalue weighted by Gasteiger charge is -2.02. The Morgan fingerprint density at radius 3 is 2.38 bits per heavy atom. The minimum atomic E-state index is 0.623. The predicted molar refractivity (Wildman–Crippen MR) is 56.5 cm³/mol. The van der Waals surface area contributed by atoms with Crippen molar-refractivity contribution in [3.05, 3.63) is 12.2 Å². The summed E-state index contributed by atoms with van der Waals surface area (Å²) in [5.74, 6) is 0.758. The Bertz CT molecular complexity index is 117. The number of ether oxygens (including phenoxy) is 3. The highest BCUT2D eigenvalue weighted by molar-refractivity contribution is 7.80. The third-order valence-corrected chi connectivity index (χ3v) is 1.50. The van der Waals surface area contributed by atoms with Gasteiger partial charge in [0.05, 0.1) is 33.0 Å². The van der Waals surface area contributed by atoms with E-state index in [0.29, 0.717) is 33.0 Å². The van der Waals surface area contributed by atoms with Crippen molar-refractivity contribution in [1.29, 1.82) is 0 Å².